The van der Waals surface area contributed by atoms with Crippen molar-refractivity contribution in [3.8, 4) is 0 Å². The zero-order chi connectivity index (χ0) is 20.3. The molecule has 0 aromatic heterocycles. The number of hydrogen-bond acceptors (Lipinski definition) is 3. The number of ether oxygens (including phenoxy) is 1. The molecule has 152 valence electrons. The van der Waals surface area contributed by atoms with Crippen LogP contribution in [0.25, 0.3) is 5.57 Å². The van der Waals surface area contributed by atoms with Crippen molar-refractivity contribution in [3.05, 3.63) is 77.9 Å². The van der Waals surface area contributed by atoms with Crippen LogP contribution in [0.2, 0.25) is 0 Å². The maximum atomic E-state index is 13.5. The van der Waals surface area contributed by atoms with E-state index < -0.39 is 16.8 Å². The van der Waals surface area contributed by atoms with Crippen molar-refractivity contribution < 1.29 is 14.3 Å². The van der Waals surface area contributed by atoms with E-state index in [1.165, 1.54) is 19.3 Å². The number of esters is 2. The fourth-order valence-corrected chi connectivity index (χ4v) is 6.97. The number of benzene rings is 2. The quantitative estimate of drug-likeness (QED) is 0.518. The lowest BCUT2D eigenvalue weighted by Gasteiger charge is -2.55. The smallest absolute Gasteiger partial charge is 0.332 e. The predicted octanol–water partition coefficient (Wildman–Crippen LogP) is 5.31. The Hall–Kier alpha value is -2.68. The van der Waals surface area contributed by atoms with Crippen LogP contribution in [-0.4, -0.2) is 11.9 Å². The van der Waals surface area contributed by atoms with Crippen LogP contribution in [0.3, 0.4) is 0 Å². The van der Waals surface area contributed by atoms with E-state index in [-0.39, 0.29) is 5.97 Å². The highest BCUT2D eigenvalue weighted by atomic mass is 16.6. The first-order valence-electron chi connectivity index (χ1n) is 11.2. The van der Waals surface area contributed by atoms with E-state index in [9.17, 15) is 9.59 Å². The topological polar surface area (TPSA) is 43.4 Å². The average molecular weight is 399 g/mol. The highest BCUT2D eigenvalue weighted by Crippen LogP contribution is 2.61. The van der Waals surface area contributed by atoms with Gasteiger partial charge in [0, 0.05) is 0 Å². The summed E-state index contributed by atoms with van der Waals surface area (Å²) in [5, 5.41) is 0. The number of hydrogen-bond donors (Lipinski definition) is 0. The fourth-order valence-electron chi connectivity index (χ4n) is 6.97. The summed E-state index contributed by atoms with van der Waals surface area (Å²) in [6.07, 6.45) is 8.44. The summed E-state index contributed by atoms with van der Waals surface area (Å²) in [5.74, 6) is 1.21. The van der Waals surface area contributed by atoms with Gasteiger partial charge in [-0.05, 0) is 73.0 Å². The molecule has 2 aromatic rings. The van der Waals surface area contributed by atoms with Crippen molar-refractivity contribution in [1.29, 1.82) is 0 Å². The molecule has 1 atom stereocenters. The molecule has 3 heteroatoms. The van der Waals surface area contributed by atoms with Crippen molar-refractivity contribution >= 4 is 17.5 Å². The summed E-state index contributed by atoms with van der Waals surface area (Å²) >= 11 is 0. The molecule has 1 unspecified atom stereocenters. The van der Waals surface area contributed by atoms with E-state index in [0.717, 1.165) is 36.0 Å². The first kappa shape index (κ1) is 18.1. The first-order chi connectivity index (χ1) is 14.6. The second kappa shape index (κ2) is 6.41. The molecular formula is C27H26O3. The Labute approximate surface area is 177 Å². The van der Waals surface area contributed by atoms with Crippen molar-refractivity contribution in [2.75, 3.05) is 0 Å². The van der Waals surface area contributed by atoms with Gasteiger partial charge in [0.25, 0.3) is 0 Å². The Kier molecular flexibility index (Phi) is 3.87. The molecule has 5 aliphatic carbocycles. The molecular weight excluding hydrogens is 372 g/mol. The zero-order valence-electron chi connectivity index (χ0n) is 17.1. The van der Waals surface area contributed by atoms with E-state index >= 15 is 0 Å². The summed E-state index contributed by atoms with van der Waals surface area (Å²) in [4.78, 5) is 26.9. The molecule has 4 saturated carbocycles. The Bertz CT molecular complexity index is 1000. The standard InChI is InChI=1S/C27H26O3/c28-24(26-14-18-11-19(15-26)13-20(12-18)16-26)30-25(29)27(22-9-5-2-6-10-22)17-23(27)21-7-3-1-4-8-21/h1-10,17-20H,11-16H2. The Balaban J connectivity index is 1.29. The lowest BCUT2D eigenvalue weighted by atomic mass is 9.49. The van der Waals surface area contributed by atoms with Crippen LogP contribution in [0, 0.1) is 23.2 Å². The first-order valence-corrected chi connectivity index (χ1v) is 11.2. The molecule has 0 aliphatic heterocycles. The summed E-state index contributed by atoms with van der Waals surface area (Å²) < 4.78 is 5.74. The highest BCUT2D eigenvalue weighted by molar-refractivity contribution is 6.14. The molecule has 4 bridgehead atoms. The van der Waals surface area contributed by atoms with Crippen molar-refractivity contribution in [2.24, 2.45) is 23.2 Å². The fraction of sp³-hybridized carbons (Fsp3) is 0.407. The minimum Gasteiger partial charge on any atom is -0.392 e. The zero-order valence-corrected chi connectivity index (χ0v) is 17.1. The molecule has 0 saturated heterocycles. The maximum absolute atomic E-state index is 13.5. The maximum Gasteiger partial charge on any atom is 0.332 e. The number of carbonyl (C=O) groups is 2. The monoisotopic (exact) mass is 398 g/mol. The molecule has 30 heavy (non-hydrogen) atoms. The van der Waals surface area contributed by atoms with Crippen LogP contribution in [-0.2, 0) is 19.7 Å². The summed E-state index contributed by atoms with van der Waals surface area (Å²) in [5.41, 5.74) is 1.43. The molecule has 7 rings (SSSR count). The Morgan fingerprint density at radius 3 is 1.83 bits per heavy atom. The SMILES string of the molecule is O=C(OC(=O)C1(c2ccccc2)C=C1c1ccccc1)C12CC3CC(CC(C3)C1)C2. The average Bonchev–Trinajstić information content (AvgIpc) is 3.51. The van der Waals surface area contributed by atoms with Crippen molar-refractivity contribution in [2.45, 2.75) is 43.9 Å². The molecule has 2 aromatic carbocycles. The third-order valence-electron chi connectivity index (χ3n) is 7.99. The molecule has 3 nitrogen and oxygen atoms in total. The van der Waals surface area contributed by atoms with Gasteiger partial charge in [0.2, 0.25) is 0 Å². The third-order valence-corrected chi connectivity index (χ3v) is 7.99. The van der Waals surface area contributed by atoms with E-state index in [2.05, 4.69) is 0 Å². The van der Waals surface area contributed by atoms with Gasteiger partial charge in [-0.25, -0.2) is 4.79 Å². The number of carbonyl (C=O) groups excluding carboxylic acids is 2. The van der Waals surface area contributed by atoms with E-state index in [4.69, 9.17) is 4.74 Å². The minimum atomic E-state index is -0.944. The van der Waals surface area contributed by atoms with Crippen molar-refractivity contribution in [1.82, 2.24) is 0 Å². The molecule has 0 N–H and O–H groups in total. The van der Waals surface area contributed by atoms with Gasteiger partial charge in [-0.1, -0.05) is 66.7 Å². The van der Waals surface area contributed by atoms with Gasteiger partial charge in [-0.15, -0.1) is 0 Å². The second-order valence-electron chi connectivity index (χ2n) is 9.97. The van der Waals surface area contributed by atoms with Crippen LogP contribution < -0.4 is 0 Å². The van der Waals surface area contributed by atoms with Gasteiger partial charge in [0.15, 0.2) is 0 Å². The third kappa shape index (κ3) is 2.64. The predicted molar refractivity (Wildman–Crippen MR) is 114 cm³/mol. The van der Waals surface area contributed by atoms with Crippen LogP contribution in [0.1, 0.15) is 49.7 Å². The summed E-state index contributed by atoms with van der Waals surface area (Å²) in [6.45, 7) is 0. The second-order valence-corrected chi connectivity index (χ2v) is 9.97. The molecule has 0 heterocycles. The van der Waals surface area contributed by atoms with Crippen LogP contribution in [0.4, 0.5) is 0 Å². The van der Waals surface area contributed by atoms with Gasteiger partial charge in [-0.2, -0.15) is 0 Å². The summed E-state index contributed by atoms with van der Waals surface area (Å²) in [6, 6.07) is 19.6. The normalized spacial score (nSPS) is 35.6. The van der Waals surface area contributed by atoms with Crippen molar-refractivity contribution in [3.63, 3.8) is 0 Å². The van der Waals surface area contributed by atoms with Gasteiger partial charge < -0.3 is 4.74 Å². The molecule has 0 spiro atoms. The van der Waals surface area contributed by atoms with Crippen LogP contribution in [0.15, 0.2) is 66.7 Å². The lowest BCUT2D eigenvalue weighted by Crippen LogP contribution is -2.51. The lowest BCUT2D eigenvalue weighted by molar-refractivity contribution is -0.179. The van der Waals surface area contributed by atoms with E-state index in [1.54, 1.807) is 0 Å². The van der Waals surface area contributed by atoms with Gasteiger partial charge in [0.05, 0.1) is 5.41 Å². The molecule has 5 aliphatic rings. The van der Waals surface area contributed by atoms with Gasteiger partial charge in [0.1, 0.15) is 5.41 Å². The molecule has 0 radical (unpaired) electrons. The minimum absolute atomic E-state index is 0.269. The Morgan fingerprint density at radius 1 is 0.733 bits per heavy atom. The van der Waals surface area contributed by atoms with E-state index in [1.807, 2.05) is 66.7 Å². The van der Waals surface area contributed by atoms with Gasteiger partial charge in [-0.3, -0.25) is 4.79 Å². The Morgan fingerprint density at radius 2 is 1.27 bits per heavy atom. The van der Waals surface area contributed by atoms with Crippen LogP contribution in [0.5, 0.6) is 0 Å². The van der Waals surface area contributed by atoms with Crippen LogP contribution >= 0.6 is 0 Å². The van der Waals surface area contributed by atoms with Gasteiger partial charge >= 0.3 is 11.9 Å². The van der Waals surface area contributed by atoms with E-state index in [0.29, 0.717) is 17.8 Å². The summed E-state index contributed by atoms with van der Waals surface area (Å²) in [7, 11) is 0. The molecule has 0 amide bonds. The molecule has 4 fully saturated rings. The number of rotatable bonds is 4. The highest BCUT2D eigenvalue weighted by Gasteiger charge is 2.59. The largest absolute Gasteiger partial charge is 0.392 e.